The van der Waals surface area contributed by atoms with Gasteiger partial charge in [-0.05, 0) is 78.1 Å². The topological polar surface area (TPSA) is 36.9 Å². The summed E-state index contributed by atoms with van der Waals surface area (Å²) in [6.45, 7) is 6.23. The van der Waals surface area contributed by atoms with Crippen molar-refractivity contribution in [2.45, 2.75) is 34.5 Å². The fourth-order valence-corrected chi connectivity index (χ4v) is 3.42. The average Bonchev–Trinajstić information content (AvgIpc) is 3.42. The Morgan fingerprint density at radius 1 is 0.838 bits per heavy atom. The third kappa shape index (κ3) is 9.79. The summed E-state index contributed by atoms with van der Waals surface area (Å²) in [5, 5.41) is 0. The minimum Gasteiger partial charge on any atom is -0.497 e. The van der Waals surface area contributed by atoms with Gasteiger partial charge in [0.05, 0.1) is 27.4 Å². The number of hydrogen-bond donors (Lipinski definition) is 0. The molecule has 0 atom stereocenters. The van der Waals surface area contributed by atoms with Crippen LogP contribution in [0.3, 0.4) is 0 Å². The van der Waals surface area contributed by atoms with Crippen molar-refractivity contribution in [2.75, 3.05) is 27.4 Å². The van der Waals surface area contributed by atoms with E-state index in [2.05, 4.69) is 54.9 Å². The summed E-state index contributed by atoms with van der Waals surface area (Å²) in [6, 6.07) is 19.9. The largest absolute Gasteiger partial charge is 0.497 e. The summed E-state index contributed by atoms with van der Waals surface area (Å²) >= 11 is 0. The van der Waals surface area contributed by atoms with Gasteiger partial charge in [0, 0.05) is 5.56 Å². The molecular weight excluding hydrogens is 460 g/mol. The van der Waals surface area contributed by atoms with Gasteiger partial charge < -0.3 is 18.9 Å². The van der Waals surface area contributed by atoms with Crippen LogP contribution < -0.4 is 9.47 Å². The molecular formula is C33H36O4. The Hall–Kier alpha value is -4.14. The van der Waals surface area contributed by atoms with Gasteiger partial charge in [-0.1, -0.05) is 49.5 Å². The molecule has 1 aliphatic rings. The zero-order chi connectivity index (χ0) is 26.2. The first-order chi connectivity index (χ1) is 17.6. The summed E-state index contributed by atoms with van der Waals surface area (Å²) in [5.74, 6) is 12.0. The van der Waals surface area contributed by atoms with Crippen LogP contribution in [0.25, 0.3) is 11.1 Å². The van der Waals surface area contributed by atoms with Crippen molar-refractivity contribution < 1.29 is 18.9 Å². The van der Waals surface area contributed by atoms with Crippen LogP contribution in [0.2, 0.25) is 0 Å². The lowest BCUT2D eigenvalue weighted by Crippen LogP contribution is -1.92. The molecule has 0 fully saturated rings. The molecule has 0 unspecified atom stereocenters. The van der Waals surface area contributed by atoms with Gasteiger partial charge >= 0.3 is 0 Å². The predicted molar refractivity (Wildman–Crippen MR) is 152 cm³/mol. The number of fused-ring (bicyclic) bond motifs is 1. The van der Waals surface area contributed by atoms with Crippen LogP contribution in [0.5, 0.6) is 11.5 Å². The highest BCUT2D eigenvalue weighted by Crippen LogP contribution is 2.32. The van der Waals surface area contributed by atoms with E-state index in [1.54, 1.807) is 21.1 Å². The Morgan fingerprint density at radius 2 is 1.46 bits per heavy atom. The van der Waals surface area contributed by atoms with Crippen molar-refractivity contribution in [3.63, 3.8) is 0 Å². The second kappa shape index (κ2) is 17.3. The molecule has 0 spiro atoms. The van der Waals surface area contributed by atoms with Crippen LogP contribution in [0.1, 0.15) is 36.6 Å². The van der Waals surface area contributed by atoms with Crippen molar-refractivity contribution in [2.24, 2.45) is 0 Å². The van der Waals surface area contributed by atoms with Gasteiger partial charge in [-0.3, -0.25) is 0 Å². The quantitative estimate of drug-likeness (QED) is 0.292. The second-order valence-electron chi connectivity index (χ2n) is 7.59. The minimum atomic E-state index is 0. The Bertz CT molecular complexity index is 1230. The van der Waals surface area contributed by atoms with Crippen LogP contribution in [0.4, 0.5) is 0 Å². The second-order valence-corrected chi connectivity index (χ2v) is 7.59. The van der Waals surface area contributed by atoms with Gasteiger partial charge in [-0.25, -0.2) is 0 Å². The lowest BCUT2D eigenvalue weighted by atomic mass is 9.94. The molecule has 0 saturated heterocycles. The number of terminal acetylenes is 2. The van der Waals surface area contributed by atoms with E-state index in [9.17, 15) is 0 Å². The summed E-state index contributed by atoms with van der Waals surface area (Å²) in [6.07, 6.45) is 10.0. The standard InChI is InChI=1S/C16H16O2.C9H8O.C7H8O.CH4/c1-11-15(8-5-13-9-18-10-16(11)13)12-3-6-14(17-2)7-4-12;1-3-8-4-6-9(10-2)7-5-8;1-3-5-7-8-6-4-2;/h3-8H,9-10H2,1-2H3;1,4-7H,2H3;2H,6-7H2,1H3;1H4. The SMILES string of the molecule is C.C#CCOCC#CC.C#Cc1ccc(OC)cc1.COc1ccc(-c2ccc3c(c2C)COC3)cc1. The Balaban J connectivity index is 0.000000308. The van der Waals surface area contributed by atoms with Crippen LogP contribution in [-0.2, 0) is 22.7 Å². The van der Waals surface area contributed by atoms with Crippen LogP contribution in [-0.4, -0.2) is 27.4 Å². The molecule has 0 saturated carbocycles. The monoisotopic (exact) mass is 496 g/mol. The first-order valence-electron chi connectivity index (χ1n) is 11.4. The number of methoxy groups -OCH3 is 2. The zero-order valence-corrected chi connectivity index (χ0v) is 21.4. The minimum absolute atomic E-state index is 0. The zero-order valence-electron chi connectivity index (χ0n) is 21.4. The Morgan fingerprint density at radius 3 is 2.00 bits per heavy atom. The molecule has 1 heterocycles. The molecule has 0 amide bonds. The van der Waals surface area contributed by atoms with E-state index in [-0.39, 0.29) is 7.43 Å². The third-order valence-corrected chi connectivity index (χ3v) is 5.39. The van der Waals surface area contributed by atoms with E-state index in [0.29, 0.717) is 13.2 Å². The average molecular weight is 497 g/mol. The molecule has 1 aliphatic heterocycles. The summed E-state index contributed by atoms with van der Waals surface area (Å²) in [5.41, 5.74) is 7.38. The number of hydrogen-bond acceptors (Lipinski definition) is 4. The molecule has 192 valence electrons. The van der Waals surface area contributed by atoms with Crippen molar-refractivity contribution in [3.05, 3.63) is 82.9 Å². The third-order valence-electron chi connectivity index (χ3n) is 5.39. The first kappa shape index (κ1) is 30.9. The molecule has 0 aromatic heterocycles. The number of rotatable bonds is 5. The fraction of sp³-hybridized carbons (Fsp3) is 0.273. The van der Waals surface area contributed by atoms with Gasteiger partial charge in [0.25, 0.3) is 0 Å². The highest BCUT2D eigenvalue weighted by Gasteiger charge is 2.16. The van der Waals surface area contributed by atoms with E-state index < -0.39 is 0 Å². The first-order valence-corrected chi connectivity index (χ1v) is 11.4. The van der Waals surface area contributed by atoms with Gasteiger partial charge in [0.15, 0.2) is 0 Å². The smallest absolute Gasteiger partial charge is 0.118 e. The van der Waals surface area contributed by atoms with Gasteiger partial charge in [-0.15, -0.1) is 18.8 Å². The summed E-state index contributed by atoms with van der Waals surface area (Å²) in [7, 11) is 3.32. The fourth-order valence-electron chi connectivity index (χ4n) is 3.42. The van der Waals surface area contributed by atoms with Gasteiger partial charge in [-0.2, -0.15) is 0 Å². The summed E-state index contributed by atoms with van der Waals surface area (Å²) < 4.78 is 20.5. The molecule has 4 rings (SSSR count). The van der Waals surface area contributed by atoms with Crippen LogP contribution >= 0.6 is 0 Å². The van der Waals surface area contributed by atoms with E-state index in [1.807, 2.05) is 36.4 Å². The van der Waals surface area contributed by atoms with Crippen molar-refractivity contribution >= 4 is 0 Å². The number of benzene rings is 3. The number of ether oxygens (including phenoxy) is 4. The molecule has 4 heteroatoms. The van der Waals surface area contributed by atoms with E-state index >= 15 is 0 Å². The van der Waals surface area contributed by atoms with E-state index in [1.165, 1.54) is 27.8 Å². The molecule has 0 bridgehead atoms. The molecule has 3 aromatic carbocycles. The molecule has 0 aliphatic carbocycles. The molecule has 3 aromatic rings. The van der Waals surface area contributed by atoms with E-state index in [0.717, 1.165) is 30.3 Å². The van der Waals surface area contributed by atoms with Crippen molar-refractivity contribution in [3.8, 4) is 59.2 Å². The maximum Gasteiger partial charge on any atom is 0.118 e. The molecule has 37 heavy (non-hydrogen) atoms. The highest BCUT2D eigenvalue weighted by molar-refractivity contribution is 5.70. The summed E-state index contributed by atoms with van der Waals surface area (Å²) in [4.78, 5) is 0. The predicted octanol–water partition coefficient (Wildman–Crippen LogP) is 6.67. The molecule has 4 nitrogen and oxygen atoms in total. The lowest BCUT2D eigenvalue weighted by molar-refractivity contribution is 0.134. The Labute approximate surface area is 222 Å². The Kier molecular flexibility index (Phi) is 14.5. The van der Waals surface area contributed by atoms with E-state index in [4.69, 9.17) is 31.8 Å². The maximum atomic E-state index is 5.50. The lowest BCUT2D eigenvalue weighted by Gasteiger charge is -2.10. The van der Waals surface area contributed by atoms with Crippen molar-refractivity contribution in [1.29, 1.82) is 0 Å². The van der Waals surface area contributed by atoms with Gasteiger partial charge in [0.1, 0.15) is 24.7 Å². The van der Waals surface area contributed by atoms with Crippen molar-refractivity contribution in [1.82, 2.24) is 0 Å². The molecule has 0 N–H and O–H groups in total. The van der Waals surface area contributed by atoms with Crippen LogP contribution in [0, 0.1) is 43.5 Å². The van der Waals surface area contributed by atoms with Crippen LogP contribution in [0.15, 0.2) is 60.7 Å². The molecule has 0 radical (unpaired) electrons. The van der Waals surface area contributed by atoms with Gasteiger partial charge in [0.2, 0.25) is 0 Å². The normalized spacial score (nSPS) is 10.2. The highest BCUT2D eigenvalue weighted by atomic mass is 16.5. The maximum absolute atomic E-state index is 5.50.